The Balaban J connectivity index is 1.77. The number of rotatable bonds is 6. The third-order valence-corrected chi connectivity index (χ3v) is 4.19. The normalized spacial score (nSPS) is 14.4. The van der Waals surface area contributed by atoms with Crippen LogP contribution in [0.4, 0.5) is 5.69 Å². The first-order valence-electron chi connectivity index (χ1n) is 7.40. The number of hydrogen-bond donors (Lipinski definition) is 1. The van der Waals surface area contributed by atoms with Gasteiger partial charge in [0, 0.05) is 35.9 Å². The summed E-state index contributed by atoms with van der Waals surface area (Å²) in [4.78, 5) is 2.19. The highest BCUT2D eigenvalue weighted by Crippen LogP contribution is 2.29. The van der Waals surface area contributed by atoms with Crippen LogP contribution in [0.2, 0.25) is 5.02 Å². The predicted octanol–water partition coefficient (Wildman–Crippen LogP) is 4.13. The van der Waals surface area contributed by atoms with Crippen LogP contribution in [-0.4, -0.2) is 13.1 Å². The van der Waals surface area contributed by atoms with E-state index in [9.17, 15) is 0 Å². The standard InChI is InChI=1S/C17H21ClN2O/c1-12-6-9-14(21-12)11-20(2)17-5-3-4-16(18)15(17)10-19-13-7-8-13/h3-6,9,13,19H,7-8,10-11H2,1-2H3. The van der Waals surface area contributed by atoms with Crippen LogP contribution in [0.5, 0.6) is 0 Å². The summed E-state index contributed by atoms with van der Waals surface area (Å²) in [5.41, 5.74) is 2.32. The van der Waals surface area contributed by atoms with Crippen molar-refractivity contribution in [2.24, 2.45) is 0 Å². The van der Waals surface area contributed by atoms with Crippen LogP contribution in [-0.2, 0) is 13.1 Å². The van der Waals surface area contributed by atoms with Crippen LogP contribution in [0.1, 0.15) is 29.9 Å². The molecule has 1 aromatic carbocycles. The molecule has 2 aromatic rings. The number of furan rings is 1. The van der Waals surface area contributed by atoms with E-state index in [-0.39, 0.29) is 0 Å². The molecule has 112 valence electrons. The maximum atomic E-state index is 6.39. The SMILES string of the molecule is Cc1ccc(CN(C)c2cccc(Cl)c2CNC2CC2)o1. The molecule has 1 saturated carbocycles. The van der Waals surface area contributed by atoms with Crippen LogP contribution < -0.4 is 10.2 Å². The second kappa shape index (κ2) is 6.12. The van der Waals surface area contributed by atoms with Crippen LogP contribution in [0.15, 0.2) is 34.7 Å². The summed E-state index contributed by atoms with van der Waals surface area (Å²) >= 11 is 6.39. The van der Waals surface area contributed by atoms with Gasteiger partial charge < -0.3 is 14.6 Å². The molecule has 3 nitrogen and oxygen atoms in total. The van der Waals surface area contributed by atoms with E-state index in [4.69, 9.17) is 16.0 Å². The van der Waals surface area contributed by atoms with E-state index < -0.39 is 0 Å². The van der Waals surface area contributed by atoms with Gasteiger partial charge in [-0.3, -0.25) is 0 Å². The molecule has 1 aromatic heterocycles. The van der Waals surface area contributed by atoms with Gasteiger partial charge in [0.25, 0.3) is 0 Å². The molecule has 0 unspecified atom stereocenters. The van der Waals surface area contributed by atoms with Gasteiger partial charge >= 0.3 is 0 Å². The van der Waals surface area contributed by atoms with E-state index in [1.54, 1.807) is 0 Å². The highest BCUT2D eigenvalue weighted by atomic mass is 35.5. The van der Waals surface area contributed by atoms with Crippen molar-refractivity contribution < 1.29 is 4.42 Å². The number of nitrogens with one attached hydrogen (secondary N) is 1. The second-order valence-corrected chi connectivity index (χ2v) is 6.17. The number of hydrogen-bond acceptors (Lipinski definition) is 3. The molecule has 21 heavy (non-hydrogen) atoms. The molecule has 0 bridgehead atoms. The summed E-state index contributed by atoms with van der Waals surface area (Å²) in [5, 5.41) is 4.36. The maximum Gasteiger partial charge on any atom is 0.123 e. The summed E-state index contributed by atoms with van der Waals surface area (Å²) in [5.74, 6) is 1.91. The Labute approximate surface area is 130 Å². The molecular weight excluding hydrogens is 284 g/mol. The van der Waals surface area contributed by atoms with Crippen LogP contribution in [0.3, 0.4) is 0 Å². The number of halogens is 1. The summed E-state index contributed by atoms with van der Waals surface area (Å²) in [6.07, 6.45) is 2.56. The van der Waals surface area contributed by atoms with Gasteiger partial charge in [-0.1, -0.05) is 17.7 Å². The summed E-state index contributed by atoms with van der Waals surface area (Å²) in [6, 6.07) is 10.8. The summed E-state index contributed by atoms with van der Waals surface area (Å²) in [6.45, 7) is 3.53. The minimum Gasteiger partial charge on any atom is -0.464 e. The first-order chi connectivity index (χ1) is 10.1. The van der Waals surface area contributed by atoms with E-state index in [0.29, 0.717) is 6.04 Å². The van der Waals surface area contributed by atoms with Crippen molar-refractivity contribution in [2.45, 2.75) is 38.9 Å². The van der Waals surface area contributed by atoms with E-state index >= 15 is 0 Å². The van der Waals surface area contributed by atoms with Crippen LogP contribution in [0.25, 0.3) is 0 Å². The molecule has 0 saturated heterocycles. The lowest BCUT2D eigenvalue weighted by molar-refractivity contribution is 0.481. The van der Waals surface area contributed by atoms with Crippen molar-refractivity contribution in [1.29, 1.82) is 0 Å². The average molecular weight is 305 g/mol. The number of nitrogens with zero attached hydrogens (tertiary/aromatic N) is 1. The van der Waals surface area contributed by atoms with Gasteiger partial charge in [-0.2, -0.15) is 0 Å². The zero-order valence-electron chi connectivity index (χ0n) is 12.5. The minimum absolute atomic E-state index is 0.673. The lowest BCUT2D eigenvalue weighted by Crippen LogP contribution is -2.21. The quantitative estimate of drug-likeness (QED) is 0.870. The first-order valence-corrected chi connectivity index (χ1v) is 7.78. The van der Waals surface area contributed by atoms with Gasteiger partial charge in [0.15, 0.2) is 0 Å². The minimum atomic E-state index is 0.673. The molecule has 0 atom stereocenters. The van der Waals surface area contributed by atoms with Crippen molar-refractivity contribution in [3.8, 4) is 0 Å². The van der Waals surface area contributed by atoms with E-state index in [2.05, 4.69) is 23.3 Å². The predicted molar refractivity (Wildman–Crippen MR) is 86.9 cm³/mol. The van der Waals surface area contributed by atoms with E-state index in [1.165, 1.54) is 12.8 Å². The topological polar surface area (TPSA) is 28.4 Å². The molecule has 1 aliphatic carbocycles. The van der Waals surface area contributed by atoms with Gasteiger partial charge in [0.05, 0.1) is 6.54 Å². The zero-order chi connectivity index (χ0) is 14.8. The first kappa shape index (κ1) is 14.5. The van der Waals surface area contributed by atoms with Crippen molar-refractivity contribution in [3.05, 3.63) is 52.4 Å². The van der Waals surface area contributed by atoms with Crippen LogP contribution in [0, 0.1) is 6.92 Å². The summed E-state index contributed by atoms with van der Waals surface area (Å²) in [7, 11) is 2.07. The number of anilines is 1. The largest absolute Gasteiger partial charge is 0.464 e. The molecule has 4 heteroatoms. The second-order valence-electron chi connectivity index (χ2n) is 5.76. The Morgan fingerprint density at radius 3 is 2.76 bits per heavy atom. The molecule has 0 aliphatic heterocycles. The van der Waals surface area contributed by atoms with Gasteiger partial charge in [-0.25, -0.2) is 0 Å². The van der Waals surface area contributed by atoms with Gasteiger partial charge in [0.2, 0.25) is 0 Å². The molecule has 1 heterocycles. The van der Waals surface area contributed by atoms with Crippen molar-refractivity contribution in [2.75, 3.05) is 11.9 Å². The third kappa shape index (κ3) is 3.60. The lowest BCUT2D eigenvalue weighted by atomic mass is 10.1. The fourth-order valence-corrected chi connectivity index (χ4v) is 2.74. The monoisotopic (exact) mass is 304 g/mol. The number of benzene rings is 1. The molecule has 3 rings (SSSR count). The van der Waals surface area contributed by atoms with E-state index in [0.717, 1.165) is 40.9 Å². The number of aryl methyl sites for hydroxylation is 1. The molecule has 1 fully saturated rings. The molecule has 0 amide bonds. The fraction of sp³-hybridized carbons (Fsp3) is 0.412. The highest BCUT2D eigenvalue weighted by molar-refractivity contribution is 6.31. The Morgan fingerprint density at radius 2 is 2.10 bits per heavy atom. The average Bonchev–Trinajstić information content (AvgIpc) is 3.19. The van der Waals surface area contributed by atoms with Crippen LogP contribution >= 0.6 is 11.6 Å². The van der Waals surface area contributed by atoms with Gasteiger partial charge in [0.1, 0.15) is 11.5 Å². The van der Waals surface area contributed by atoms with Crippen molar-refractivity contribution in [3.63, 3.8) is 0 Å². The van der Waals surface area contributed by atoms with Gasteiger partial charge in [-0.15, -0.1) is 0 Å². The molecule has 1 aliphatic rings. The molecule has 1 N–H and O–H groups in total. The lowest BCUT2D eigenvalue weighted by Gasteiger charge is -2.22. The molecule has 0 spiro atoms. The Kier molecular flexibility index (Phi) is 4.22. The third-order valence-electron chi connectivity index (χ3n) is 3.84. The Bertz CT molecular complexity index is 619. The summed E-state index contributed by atoms with van der Waals surface area (Å²) < 4.78 is 5.66. The van der Waals surface area contributed by atoms with Gasteiger partial charge in [-0.05, 0) is 44.0 Å². The smallest absolute Gasteiger partial charge is 0.123 e. The molecule has 0 radical (unpaired) electrons. The highest BCUT2D eigenvalue weighted by Gasteiger charge is 2.21. The maximum absolute atomic E-state index is 6.39. The zero-order valence-corrected chi connectivity index (χ0v) is 13.3. The van der Waals surface area contributed by atoms with Crippen molar-refractivity contribution >= 4 is 17.3 Å². The fourth-order valence-electron chi connectivity index (χ4n) is 2.50. The van der Waals surface area contributed by atoms with Crippen molar-refractivity contribution in [1.82, 2.24) is 5.32 Å². The Hall–Kier alpha value is -1.45. The van der Waals surface area contributed by atoms with E-state index in [1.807, 2.05) is 31.2 Å². The Morgan fingerprint density at radius 1 is 1.29 bits per heavy atom. The molecular formula is C17H21ClN2O.